The minimum atomic E-state index is -0.170. The number of nitrogens with zero attached hydrogens (tertiary/aromatic N) is 2. The second-order valence-corrected chi connectivity index (χ2v) is 13.0. The molecular weight excluding hydrogens is 480 g/mol. The lowest BCUT2D eigenvalue weighted by molar-refractivity contribution is -0.127. The van der Waals surface area contributed by atoms with E-state index < -0.39 is 0 Å². The minimum absolute atomic E-state index is 0.0322. The summed E-state index contributed by atoms with van der Waals surface area (Å²) in [6.45, 7) is 6.63. The molecule has 0 bridgehead atoms. The van der Waals surface area contributed by atoms with E-state index in [0.717, 1.165) is 58.0 Å². The van der Waals surface area contributed by atoms with E-state index in [4.69, 9.17) is 0 Å². The number of allylic oxidation sites excluding steroid dienone is 3. The van der Waals surface area contributed by atoms with Crippen LogP contribution < -0.4 is 4.90 Å². The van der Waals surface area contributed by atoms with Crippen molar-refractivity contribution in [1.82, 2.24) is 0 Å². The van der Waals surface area contributed by atoms with Gasteiger partial charge in [-0.1, -0.05) is 35.9 Å². The fourth-order valence-corrected chi connectivity index (χ4v) is 9.24. The zero-order valence-corrected chi connectivity index (χ0v) is 23.9. The summed E-state index contributed by atoms with van der Waals surface area (Å²) in [5.41, 5.74) is 7.36. The Morgan fingerprint density at radius 1 is 1.05 bits per heavy atom. The molecule has 4 heteroatoms. The van der Waals surface area contributed by atoms with Crippen molar-refractivity contribution in [2.24, 2.45) is 28.3 Å². The fourth-order valence-electron chi connectivity index (χ4n) is 9.24. The molecule has 1 saturated heterocycles. The van der Waals surface area contributed by atoms with Crippen molar-refractivity contribution in [3.05, 3.63) is 57.5 Å². The van der Waals surface area contributed by atoms with Gasteiger partial charge in [-0.05, 0) is 117 Å². The molecule has 4 aliphatic carbocycles. The molecule has 6 rings (SSSR count). The fraction of sp³-hybridized carbons (Fsp3) is 0.629. The first-order valence-corrected chi connectivity index (χ1v) is 15.6. The van der Waals surface area contributed by atoms with Crippen LogP contribution >= 0.6 is 0 Å². The normalized spacial score (nSPS) is 33.7. The predicted octanol–water partition coefficient (Wildman–Crippen LogP) is 8.13. The van der Waals surface area contributed by atoms with E-state index in [9.17, 15) is 9.70 Å². The van der Waals surface area contributed by atoms with Crippen LogP contribution in [0, 0.1) is 39.9 Å². The van der Waals surface area contributed by atoms with Crippen LogP contribution in [-0.4, -0.2) is 24.9 Å². The largest absolute Gasteiger partial charge is 0.372 e. The number of ketones is 1. The highest BCUT2D eigenvalue weighted by molar-refractivity contribution is 5.82. The topological polar surface area (TPSA) is 49.7 Å². The van der Waals surface area contributed by atoms with Crippen molar-refractivity contribution in [3.8, 4) is 11.8 Å². The molecule has 1 aliphatic heterocycles. The maximum Gasteiger partial charge on any atom is 0.137 e. The number of hydrogen-bond acceptors (Lipinski definition) is 4. The van der Waals surface area contributed by atoms with E-state index >= 15 is 0 Å². The van der Waals surface area contributed by atoms with Crippen LogP contribution in [0.15, 0.2) is 52.2 Å². The Morgan fingerprint density at radius 2 is 1.85 bits per heavy atom. The molecule has 0 aromatic heterocycles. The average Bonchev–Trinajstić information content (AvgIpc) is 3.34. The maximum absolute atomic E-state index is 13.6. The quantitative estimate of drug-likeness (QED) is 0.279. The Hall–Kier alpha value is -2.67. The molecule has 1 heterocycles. The molecule has 5 aliphatic rings. The Balaban J connectivity index is 1.38. The maximum atomic E-state index is 13.6. The van der Waals surface area contributed by atoms with Gasteiger partial charge < -0.3 is 4.90 Å². The molecule has 1 aromatic carbocycles. The van der Waals surface area contributed by atoms with E-state index in [1.807, 2.05) is 6.92 Å². The first-order chi connectivity index (χ1) is 19.0. The molecule has 206 valence electrons. The van der Waals surface area contributed by atoms with Crippen molar-refractivity contribution < 1.29 is 4.79 Å². The molecule has 0 N–H and O–H groups in total. The van der Waals surface area contributed by atoms with Gasteiger partial charge in [-0.15, -0.1) is 11.8 Å². The molecular formula is C35H44N2O2. The molecule has 0 spiro atoms. The Labute approximate surface area is 234 Å². The molecule has 1 aromatic rings. The van der Waals surface area contributed by atoms with Crippen molar-refractivity contribution in [1.29, 1.82) is 0 Å². The smallest absolute Gasteiger partial charge is 0.137 e. The number of benzene rings is 1. The van der Waals surface area contributed by atoms with Gasteiger partial charge in [0, 0.05) is 43.5 Å². The second kappa shape index (κ2) is 11.1. The lowest BCUT2D eigenvalue weighted by atomic mass is 9.51. The van der Waals surface area contributed by atoms with Crippen LogP contribution in [0.5, 0.6) is 0 Å². The monoisotopic (exact) mass is 524 g/mol. The van der Waals surface area contributed by atoms with Crippen molar-refractivity contribution in [3.63, 3.8) is 0 Å². The van der Waals surface area contributed by atoms with Crippen LogP contribution in [-0.2, 0) is 4.79 Å². The predicted molar refractivity (Wildman–Crippen MR) is 159 cm³/mol. The highest BCUT2D eigenvalue weighted by atomic mass is 16.3. The highest BCUT2D eigenvalue weighted by Crippen LogP contribution is 2.66. The van der Waals surface area contributed by atoms with Crippen molar-refractivity contribution in [2.75, 3.05) is 18.0 Å². The van der Waals surface area contributed by atoms with Gasteiger partial charge in [-0.25, -0.2) is 0 Å². The number of piperidine rings is 1. The summed E-state index contributed by atoms with van der Waals surface area (Å²) in [6, 6.07) is 9.31. The lowest BCUT2D eigenvalue weighted by Gasteiger charge is -2.52. The van der Waals surface area contributed by atoms with Crippen LogP contribution in [0.25, 0.3) is 0 Å². The van der Waals surface area contributed by atoms with E-state index in [0.29, 0.717) is 36.4 Å². The first-order valence-electron chi connectivity index (χ1n) is 15.6. The van der Waals surface area contributed by atoms with E-state index in [2.05, 4.69) is 59.2 Å². The van der Waals surface area contributed by atoms with Crippen LogP contribution in [0.2, 0.25) is 0 Å². The number of nitroso groups, excluding NO2 is 1. The van der Waals surface area contributed by atoms with Gasteiger partial charge in [0.15, 0.2) is 0 Å². The molecule has 0 amide bonds. The molecule has 0 radical (unpaired) electrons. The summed E-state index contributed by atoms with van der Waals surface area (Å²) in [5, 5.41) is 3.40. The molecule has 4 nitrogen and oxygen atoms in total. The van der Waals surface area contributed by atoms with Crippen LogP contribution in [0.4, 0.5) is 5.69 Å². The number of carbonyl (C=O) groups is 1. The number of anilines is 1. The summed E-state index contributed by atoms with van der Waals surface area (Å²) in [7, 11) is 0. The van der Waals surface area contributed by atoms with Gasteiger partial charge in [0.25, 0.3) is 0 Å². The summed E-state index contributed by atoms with van der Waals surface area (Å²) in [4.78, 5) is 27.5. The number of rotatable bonds is 6. The standard InChI is InChI=1S/C35H44N2O2/c1-3-4-6-9-33(38)32-19-18-31-29-16-12-25-22-26(36-39)13-17-28(25)34(29)30(23-35(31,32)2)24-10-14-27(15-11-24)37-20-7-5-8-21-37/h10-11,14-15,22,26,29-32H,5-9,12-13,16-21,23H2,1-2H3/t26?,29-,30+,31-,32+,35-/m0/s1. The molecule has 3 fully saturated rings. The number of hydrogen-bond donors (Lipinski definition) is 0. The summed E-state index contributed by atoms with van der Waals surface area (Å²) >= 11 is 0. The summed E-state index contributed by atoms with van der Waals surface area (Å²) in [6.07, 6.45) is 14.6. The van der Waals surface area contributed by atoms with Gasteiger partial charge in [0.05, 0.1) is 0 Å². The van der Waals surface area contributed by atoms with Gasteiger partial charge in [-0.2, -0.15) is 4.91 Å². The number of carbonyl (C=O) groups excluding carboxylic acids is 1. The molecule has 39 heavy (non-hydrogen) atoms. The van der Waals surface area contributed by atoms with E-state index in [1.54, 1.807) is 5.57 Å². The van der Waals surface area contributed by atoms with E-state index in [1.165, 1.54) is 41.7 Å². The first kappa shape index (κ1) is 26.5. The lowest BCUT2D eigenvalue weighted by Crippen LogP contribution is -2.45. The van der Waals surface area contributed by atoms with Gasteiger partial charge in [0.2, 0.25) is 0 Å². The summed E-state index contributed by atoms with van der Waals surface area (Å²) in [5.74, 6) is 8.12. The van der Waals surface area contributed by atoms with Gasteiger partial charge >= 0.3 is 0 Å². The van der Waals surface area contributed by atoms with Crippen LogP contribution in [0.3, 0.4) is 0 Å². The average molecular weight is 525 g/mol. The zero-order valence-electron chi connectivity index (χ0n) is 23.9. The van der Waals surface area contributed by atoms with Gasteiger partial charge in [0.1, 0.15) is 11.8 Å². The third-order valence-electron chi connectivity index (χ3n) is 11.1. The Morgan fingerprint density at radius 3 is 2.59 bits per heavy atom. The highest BCUT2D eigenvalue weighted by Gasteiger charge is 2.58. The van der Waals surface area contributed by atoms with Crippen LogP contribution in [0.1, 0.15) is 102 Å². The number of Topliss-reactive ketones (excluding diaryl/α,β-unsaturated/α-hetero) is 1. The van der Waals surface area contributed by atoms with Gasteiger partial charge in [-0.3, -0.25) is 4.79 Å². The van der Waals surface area contributed by atoms with Crippen molar-refractivity contribution >= 4 is 11.5 Å². The zero-order chi connectivity index (χ0) is 27.0. The summed E-state index contributed by atoms with van der Waals surface area (Å²) < 4.78 is 0. The molecule has 2 saturated carbocycles. The third-order valence-corrected chi connectivity index (χ3v) is 11.1. The Kier molecular flexibility index (Phi) is 7.54. The molecule has 1 unspecified atom stereocenters. The third kappa shape index (κ3) is 4.81. The minimum Gasteiger partial charge on any atom is -0.372 e. The molecule has 6 atom stereocenters. The second-order valence-electron chi connectivity index (χ2n) is 13.0. The van der Waals surface area contributed by atoms with Crippen molar-refractivity contribution in [2.45, 2.75) is 103 Å². The SMILES string of the molecule is CC#CCCC(=O)[C@H]1CC[C@H]2[C@@H]3CCC4=CC(N=O)CCC4=C3[C@@H](c3ccc(N4CCCCC4)cc3)C[C@]12C. The number of fused-ring (bicyclic) bond motifs is 4. The Bertz CT molecular complexity index is 1230. The van der Waals surface area contributed by atoms with E-state index in [-0.39, 0.29) is 17.4 Å².